The summed E-state index contributed by atoms with van der Waals surface area (Å²) in [6.07, 6.45) is 4.50. The molecule has 0 radical (unpaired) electrons. The molecule has 4 heteroatoms. The van der Waals surface area contributed by atoms with Gasteiger partial charge in [0.05, 0.1) is 5.69 Å². The van der Waals surface area contributed by atoms with Crippen LogP contribution in [0.4, 0.5) is 5.82 Å². The third kappa shape index (κ3) is 3.31. The van der Waals surface area contributed by atoms with E-state index >= 15 is 0 Å². The largest absolute Gasteiger partial charge is 0.358 e. The van der Waals surface area contributed by atoms with Crippen molar-refractivity contribution >= 4 is 11.5 Å². The van der Waals surface area contributed by atoms with Crippen molar-refractivity contribution in [1.82, 2.24) is 14.7 Å². The van der Waals surface area contributed by atoms with E-state index in [1.54, 1.807) is 0 Å². The average molecular weight is 274 g/mol. The first-order valence-electron chi connectivity index (χ1n) is 7.54. The highest BCUT2D eigenvalue weighted by Crippen LogP contribution is 2.21. The summed E-state index contributed by atoms with van der Waals surface area (Å²) in [6.45, 7) is 8.45. The topological polar surface area (TPSA) is 32.6 Å². The van der Waals surface area contributed by atoms with E-state index in [2.05, 4.69) is 60.8 Å². The Balaban J connectivity index is 2.33. The van der Waals surface area contributed by atoms with Gasteiger partial charge in [-0.25, -0.2) is 4.98 Å². The van der Waals surface area contributed by atoms with Crippen LogP contribution in [0.3, 0.4) is 0 Å². The van der Waals surface area contributed by atoms with E-state index in [0.29, 0.717) is 6.04 Å². The van der Waals surface area contributed by atoms with E-state index in [-0.39, 0.29) is 0 Å². The maximum Gasteiger partial charge on any atom is 0.152 e. The highest BCUT2D eigenvalue weighted by molar-refractivity contribution is 5.55. The summed E-state index contributed by atoms with van der Waals surface area (Å²) in [5, 5.41) is 3.50. The van der Waals surface area contributed by atoms with E-state index in [4.69, 9.17) is 4.98 Å². The van der Waals surface area contributed by atoms with E-state index < -0.39 is 0 Å². The number of pyridine rings is 1. The SMILES string of the molecule is CCCCN(C)c1nc2ccccn2c1CNC(C)C. The van der Waals surface area contributed by atoms with Crippen molar-refractivity contribution in [2.24, 2.45) is 0 Å². The summed E-state index contributed by atoms with van der Waals surface area (Å²) >= 11 is 0. The summed E-state index contributed by atoms with van der Waals surface area (Å²) in [7, 11) is 2.14. The van der Waals surface area contributed by atoms with E-state index in [1.807, 2.05) is 6.07 Å². The van der Waals surface area contributed by atoms with Crippen molar-refractivity contribution in [3.8, 4) is 0 Å². The van der Waals surface area contributed by atoms with Gasteiger partial charge in [0.15, 0.2) is 5.82 Å². The van der Waals surface area contributed by atoms with Gasteiger partial charge in [-0.1, -0.05) is 33.3 Å². The van der Waals surface area contributed by atoms with Gasteiger partial charge in [-0.2, -0.15) is 0 Å². The molecule has 0 unspecified atom stereocenters. The van der Waals surface area contributed by atoms with Gasteiger partial charge in [-0.15, -0.1) is 0 Å². The molecule has 0 atom stereocenters. The van der Waals surface area contributed by atoms with Crippen LogP contribution >= 0.6 is 0 Å². The highest BCUT2D eigenvalue weighted by Gasteiger charge is 2.15. The first-order chi connectivity index (χ1) is 9.63. The molecule has 0 spiro atoms. The average Bonchev–Trinajstić information content (AvgIpc) is 2.81. The minimum absolute atomic E-state index is 0.470. The van der Waals surface area contributed by atoms with Crippen molar-refractivity contribution in [2.45, 2.75) is 46.2 Å². The maximum absolute atomic E-state index is 4.79. The van der Waals surface area contributed by atoms with Gasteiger partial charge in [-0.05, 0) is 18.6 Å². The normalized spacial score (nSPS) is 11.4. The van der Waals surface area contributed by atoms with Gasteiger partial charge < -0.3 is 14.6 Å². The van der Waals surface area contributed by atoms with Crippen LogP contribution in [0.1, 0.15) is 39.3 Å². The molecule has 110 valence electrons. The Labute approximate surface area is 121 Å². The summed E-state index contributed by atoms with van der Waals surface area (Å²) in [6, 6.07) is 6.63. The number of unbranched alkanes of at least 4 members (excludes halogenated alkanes) is 1. The lowest BCUT2D eigenvalue weighted by molar-refractivity contribution is 0.578. The smallest absolute Gasteiger partial charge is 0.152 e. The summed E-state index contributed by atoms with van der Waals surface area (Å²) < 4.78 is 2.19. The van der Waals surface area contributed by atoms with Crippen molar-refractivity contribution in [1.29, 1.82) is 0 Å². The molecule has 0 amide bonds. The molecule has 0 aliphatic heterocycles. The molecule has 0 fully saturated rings. The molecule has 2 rings (SSSR count). The molecule has 0 saturated heterocycles. The van der Waals surface area contributed by atoms with Crippen molar-refractivity contribution in [3.05, 3.63) is 30.1 Å². The van der Waals surface area contributed by atoms with Crippen molar-refractivity contribution in [3.63, 3.8) is 0 Å². The van der Waals surface area contributed by atoms with Crippen LogP contribution in [0.25, 0.3) is 5.65 Å². The Bertz CT molecular complexity index is 544. The second kappa shape index (κ2) is 6.75. The maximum atomic E-state index is 4.79. The first-order valence-corrected chi connectivity index (χ1v) is 7.54. The van der Waals surface area contributed by atoms with E-state index in [0.717, 1.165) is 24.6 Å². The van der Waals surface area contributed by atoms with Gasteiger partial charge in [0.25, 0.3) is 0 Å². The van der Waals surface area contributed by atoms with E-state index in [1.165, 1.54) is 18.5 Å². The zero-order valence-electron chi connectivity index (χ0n) is 13.1. The number of rotatable bonds is 7. The standard InChI is InChI=1S/C16H26N4/c1-5-6-10-19(4)16-14(12-17-13(2)3)20-11-8-7-9-15(20)18-16/h7-9,11,13,17H,5-6,10,12H2,1-4H3. The molecule has 0 aliphatic carbocycles. The molecule has 0 saturated carbocycles. The molecule has 2 aromatic heterocycles. The fourth-order valence-electron chi connectivity index (χ4n) is 2.31. The predicted octanol–water partition coefficient (Wildman–Crippen LogP) is 3.07. The molecule has 0 bridgehead atoms. The Morgan fingerprint density at radius 1 is 1.35 bits per heavy atom. The molecular weight excluding hydrogens is 248 g/mol. The molecule has 0 aromatic carbocycles. The monoisotopic (exact) mass is 274 g/mol. The van der Waals surface area contributed by atoms with Crippen LogP contribution in [0, 0.1) is 0 Å². The third-order valence-electron chi connectivity index (χ3n) is 3.49. The van der Waals surface area contributed by atoms with Gasteiger partial charge in [0.1, 0.15) is 5.65 Å². The molecule has 2 aromatic rings. The van der Waals surface area contributed by atoms with Crippen LogP contribution in [-0.2, 0) is 6.54 Å². The molecule has 0 aliphatic rings. The number of aromatic nitrogens is 2. The Morgan fingerprint density at radius 2 is 2.15 bits per heavy atom. The van der Waals surface area contributed by atoms with Crippen molar-refractivity contribution in [2.75, 3.05) is 18.5 Å². The highest BCUT2D eigenvalue weighted by atomic mass is 15.2. The first kappa shape index (κ1) is 14.9. The second-order valence-electron chi connectivity index (χ2n) is 5.62. The Hall–Kier alpha value is -1.55. The molecule has 2 heterocycles. The molecular formula is C16H26N4. The predicted molar refractivity (Wildman–Crippen MR) is 85.3 cm³/mol. The summed E-state index contributed by atoms with van der Waals surface area (Å²) in [5.41, 5.74) is 2.26. The second-order valence-corrected chi connectivity index (χ2v) is 5.62. The number of fused-ring (bicyclic) bond motifs is 1. The van der Waals surface area contributed by atoms with Gasteiger partial charge in [0.2, 0.25) is 0 Å². The fourth-order valence-corrected chi connectivity index (χ4v) is 2.31. The third-order valence-corrected chi connectivity index (χ3v) is 3.49. The van der Waals surface area contributed by atoms with Crippen LogP contribution < -0.4 is 10.2 Å². The summed E-state index contributed by atoms with van der Waals surface area (Å²) in [5.74, 6) is 1.10. The van der Waals surface area contributed by atoms with E-state index in [9.17, 15) is 0 Å². The van der Waals surface area contributed by atoms with Crippen molar-refractivity contribution < 1.29 is 0 Å². The Kier molecular flexibility index (Phi) is 5.01. The minimum atomic E-state index is 0.470. The van der Waals surface area contributed by atoms with Crippen LogP contribution in [0.5, 0.6) is 0 Å². The number of nitrogens with zero attached hydrogens (tertiary/aromatic N) is 3. The van der Waals surface area contributed by atoms with Crippen LogP contribution in [0.15, 0.2) is 24.4 Å². The number of anilines is 1. The number of imidazole rings is 1. The van der Waals surface area contributed by atoms with Gasteiger partial charge in [0, 0.05) is 32.4 Å². The molecule has 1 N–H and O–H groups in total. The lowest BCUT2D eigenvalue weighted by Crippen LogP contribution is -2.26. The van der Waals surface area contributed by atoms with Crippen LogP contribution in [-0.4, -0.2) is 29.0 Å². The van der Waals surface area contributed by atoms with Gasteiger partial charge in [-0.3, -0.25) is 0 Å². The lowest BCUT2D eigenvalue weighted by atomic mass is 10.3. The Morgan fingerprint density at radius 3 is 2.85 bits per heavy atom. The number of hydrogen-bond donors (Lipinski definition) is 1. The minimum Gasteiger partial charge on any atom is -0.358 e. The van der Waals surface area contributed by atoms with Crippen LogP contribution in [0.2, 0.25) is 0 Å². The quantitative estimate of drug-likeness (QED) is 0.842. The lowest BCUT2D eigenvalue weighted by Gasteiger charge is -2.18. The summed E-state index contributed by atoms with van der Waals surface area (Å²) in [4.78, 5) is 7.06. The van der Waals surface area contributed by atoms with Gasteiger partial charge >= 0.3 is 0 Å². The molecule has 20 heavy (non-hydrogen) atoms. The zero-order valence-corrected chi connectivity index (χ0v) is 13.1. The molecule has 4 nitrogen and oxygen atoms in total. The fraction of sp³-hybridized carbons (Fsp3) is 0.562. The zero-order chi connectivity index (χ0) is 14.5. The number of hydrogen-bond acceptors (Lipinski definition) is 3. The number of nitrogens with one attached hydrogen (secondary N) is 1.